The molecular weight excluding hydrogens is 358 g/mol. The topological polar surface area (TPSA) is 46.3 Å². The summed E-state index contributed by atoms with van der Waals surface area (Å²) in [5.74, 6) is 2.60. The number of aliphatic imine (C=N–C) groups is 1. The standard InChI is InChI=1S/C21H26ClN5/c1-6-14(4)19(22)23-20-17(7-2)26-15(5)24-25-21(26)18(8-3)27(20)16-12-10-9-11-13-16/h7,9-13,18H,6,8H2,1-5H3. The molecule has 0 radical (unpaired) electrons. The second kappa shape index (κ2) is 8.09. The van der Waals surface area contributed by atoms with Crippen LogP contribution in [0, 0.1) is 6.92 Å². The molecule has 0 aliphatic carbocycles. The van der Waals surface area contributed by atoms with Crippen molar-refractivity contribution in [2.45, 2.75) is 53.5 Å². The van der Waals surface area contributed by atoms with Crippen molar-refractivity contribution in [2.24, 2.45) is 4.99 Å². The Hall–Kier alpha value is -2.40. The number of aromatic nitrogens is 3. The molecule has 27 heavy (non-hydrogen) atoms. The van der Waals surface area contributed by atoms with Gasteiger partial charge in [0.15, 0.2) is 11.7 Å². The fourth-order valence-electron chi connectivity index (χ4n) is 3.34. The summed E-state index contributed by atoms with van der Waals surface area (Å²) in [5, 5.41) is 9.35. The van der Waals surface area contributed by atoms with Gasteiger partial charge in [-0.2, -0.15) is 0 Å². The first kappa shape index (κ1) is 19.4. The van der Waals surface area contributed by atoms with Crippen LogP contribution in [-0.4, -0.2) is 20.6 Å². The summed E-state index contributed by atoms with van der Waals surface area (Å²) in [7, 11) is 0. The first-order valence-corrected chi connectivity index (χ1v) is 9.78. The Morgan fingerprint density at radius 2 is 1.93 bits per heavy atom. The molecule has 0 spiro atoms. The van der Waals surface area contributed by atoms with Crippen LogP contribution in [0.1, 0.15) is 58.2 Å². The number of amidine groups is 1. The predicted molar refractivity (Wildman–Crippen MR) is 113 cm³/mol. The lowest BCUT2D eigenvalue weighted by molar-refractivity contribution is 0.613. The minimum absolute atomic E-state index is 0.0300. The number of hydrogen-bond acceptors (Lipinski definition) is 3. The number of benzene rings is 1. The summed E-state index contributed by atoms with van der Waals surface area (Å²) in [6.07, 6.45) is 3.78. The van der Waals surface area contributed by atoms with E-state index in [0.717, 1.165) is 47.3 Å². The highest BCUT2D eigenvalue weighted by Gasteiger charge is 2.37. The van der Waals surface area contributed by atoms with Crippen LogP contribution in [0.3, 0.4) is 0 Å². The van der Waals surface area contributed by atoms with Crippen molar-refractivity contribution in [3.05, 3.63) is 58.8 Å². The van der Waals surface area contributed by atoms with E-state index in [4.69, 9.17) is 16.6 Å². The van der Waals surface area contributed by atoms with Crippen LogP contribution in [0.2, 0.25) is 0 Å². The highest BCUT2D eigenvalue weighted by Crippen LogP contribution is 2.38. The molecule has 2 heterocycles. The number of fused-ring (bicyclic) bond motifs is 1. The van der Waals surface area contributed by atoms with E-state index >= 15 is 0 Å². The molecule has 1 aromatic carbocycles. The lowest BCUT2D eigenvalue weighted by Gasteiger charge is -2.39. The normalized spacial score (nSPS) is 20.8. The van der Waals surface area contributed by atoms with Crippen molar-refractivity contribution in [2.75, 3.05) is 4.90 Å². The number of hydrogen-bond donors (Lipinski definition) is 0. The smallest absolute Gasteiger partial charge is 0.160 e. The largest absolute Gasteiger partial charge is 0.314 e. The Morgan fingerprint density at radius 1 is 1.22 bits per heavy atom. The summed E-state index contributed by atoms with van der Waals surface area (Å²) in [6.45, 7) is 10.2. The van der Waals surface area contributed by atoms with Crippen molar-refractivity contribution in [3.63, 3.8) is 0 Å². The zero-order valence-electron chi connectivity index (χ0n) is 16.6. The van der Waals surface area contributed by atoms with Gasteiger partial charge in [-0.05, 0) is 51.3 Å². The van der Waals surface area contributed by atoms with Crippen LogP contribution in [0.15, 0.2) is 52.1 Å². The van der Waals surface area contributed by atoms with Crippen molar-refractivity contribution < 1.29 is 0 Å². The molecule has 0 fully saturated rings. The second-order valence-electron chi connectivity index (χ2n) is 6.60. The molecule has 0 saturated carbocycles. The Kier molecular flexibility index (Phi) is 5.80. The number of rotatable bonds is 4. The molecular formula is C21H26ClN5. The first-order chi connectivity index (χ1) is 13.0. The maximum Gasteiger partial charge on any atom is 0.160 e. The van der Waals surface area contributed by atoms with E-state index in [9.17, 15) is 0 Å². The van der Waals surface area contributed by atoms with Crippen molar-refractivity contribution in [1.82, 2.24) is 14.8 Å². The van der Waals surface area contributed by atoms with Crippen LogP contribution in [0.5, 0.6) is 0 Å². The number of aryl methyl sites for hydroxylation is 1. The van der Waals surface area contributed by atoms with E-state index < -0.39 is 0 Å². The molecule has 0 amide bonds. The van der Waals surface area contributed by atoms with Crippen molar-refractivity contribution in [3.8, 4) is 0 Å². The number of para-hydroxylation sites is 1. The average molecular weight is 384 g/mol. The van der Waals surface area contributed by atoms with Crippen molar-refractivity contribution in [1.29, 1.82) is 0 Å². The zero-order valence-corrected chi connectivity index (χ0v) is 17.3. The highest BCUT2D eigenvalue weighted by molar-refractivity contribution is 6.33. The van der Waals surface area contributed by atoms with Gasteiger partial charge in [-0.25, -0.2) is 4.99 Å². The number of halogens is 1. The summed E-state index contributed by atoms with van der Waals surface area (Å²) < 4.78 is 2.10. The first-order valence-electron chi connectivity index (χ1n) is 9.40. The molecule has 1 aromatic heterocycles. The molecule has 5 nitrogen and oxygen atoms in total. The third kappa shape index (κ3) is 3.44. The molecule has 1 aliphatic heterocycles. The number of anilines is 1. The molecule has 6 heteroatoms. The molecule has 0 N–H and O–H groups in total. The van der Waals surface area contributed by atoms with Crippen LogP contribution in [0.25, 0.3) is 5.70 Å². The molecule has 0 bridgehead atoms. The third-order valence-corrected chi connectivity index (χ3v) is 5.35. The summed E-state index contributed by atoms with van der Waals surface area (Å²) in [5.41, 5.74) is 3.07. The van der Waals surface area contributed by atoms with E-state index in [-0.39, 0.29) is 6.04 Å². The van der Waals surface area contributed by atoms with Crippen molar-refractivity contribution >= 4 is 28.8 Å². The van der Waals surface area contributed by atoms with Crippen LogP contribution in [-0.2, 0) is 0 Å². The molecule has 0 saturated heterocycles. The van der Waals surface area contributed by atoms with E-state index in [1.165, 1.54) is 0 Å². The minimum Gasteiger partial charge on any atom is -0.314 e. The Labute approximate surface area is 166 Å². The minimum atomic E-state index is 0.0300. The Morgan fingerprint density at radius 3 is 2.52 bits per heavy atom. The predicted octanol–water partition coefficient (Wildman–Crippen LogP) is 5.70. The second-order valence-corrected chi connectivity index (χ2v) is 6.96. The van der Waals surface area contributed by atoms with Gasteiger partial charge in [0.1, 0.15) is 11.0 Å². The van der Waals surface area contributed by atoms with Crippen LogP contribution in [0.4, 0.5) is 5.69 Å². The van der Waals surface area contributed by atoms with Gasteiger partial charge in [-0.3, -0.25) is 4.57 Å². The van der Waals surface area contributed by atoms with Gasteiger partial charge in [0.25, 0.3) is 0 Å². The highest BCUT2D eigenvalue weighted by atomic mass is 35.5. The fraction of sp³-hybridized carbons (Fsp3) is 0.381. The van der Waals surface area contributed by atoms with Gasteiger partial charge in [0, 0.05) is 5.69 Å². The lowest BCUT2D eigenvalue weighted by atomic mass is 10.1. The lowest BCUT2D eigenvalue weighted by Crippen LogP contribution is -2.42. The van der Waals surface area contributed by atoms with Crippen LogP contribution < -0.4 is 4.90 Å². The van der Waals surface area contributed by atoms with Gasteiger partial charge in [0.05, 0.1) is 11.7 Å². The van der Waals surface area contributed by atoms with E-state index in [0.29, 0.717) is 5.16 Å². The zero-order chi connectivity index (χ0) is 19.6. The maximum absolute atomic E-state index is 6.57. The molecule has 2 aromatic rings. The molecule has 1 atom stereocenters. The summed E-state index contributed by atoms with van der Waals surface area (Å²) in [6, 6.07) is 10.3. The van der Waals surface area contributed by atoms with Gasteiger partial charge >= 0.3 is 0 Å². The average Bonchev–Trinajstić information content (AvgIpc) is 3.08. The maximum atomic E-state index is 6.57. The van der Waals surface area contributed by atoms with Gasteiger partial charge in [-0.1, -0.05) is 49.7 Å². The monoisotopic (exact) mass is 383 g/mol. The fourth-order valence-corrected chi connectivity index (χ4v) is 3.55. The Bertz CT molecular complexity index is 908. The van der Waals surface area contributed by atoms with Crippen LogP contribution >= 0.6 is 11.6 Å². The summed E-state index contributed by atoms with van der Waals surface area (Å²) >= 11 is 6.57. The van der Waals surface area contributed by atoms with Gasteiger partial charge < -0.3 is 4.90 Å². The van der Waals surface area contributed by atoms with Gasteiger partial charge in [0.2, 0.25) is 0 Å². The quantitative estimate of drug-likeness (QED) is 0.636. The van der Waals surface area contributed by atoms with Gasteiger partial charge in [-0.15, -0.1) is 10.2 Å². The van der Waals surface area contributed by atoms with E-state index in [1.54, 1.807) is 0 Å². The molecule has 142 valence electrons. The number of allylic oxidation sites excluding steroid dienone is 2. The summed E-state index contributed by atoms with van der Waals surface area (Å²) in [4.78, 5) is 7.10. The third-order valence-electron chi connectivity index (χ3n) is 4.94. The Balaban J connectivity index is 2.31. The van der Waals surface area contributed by atoms with E-state index in [1.807, 2.05) is 45.0 Å². The van der Waals surface area contributed by atoms with E-state index in [2.05, 4.69) is 45.6 Å². The SMILES string of the molecule is CC=C1C(=NC(Cl)=C(C)CC)N(c2ccccc2)C(CC)c2nnc(C)n21. The molecule has 1 unspecified atom stereocenters. The molecule has 1 aliphatic rings. The molecule has 3 rings (SSSR count). The number of nitrogens with zero attached hydrogens (tertiary/aromatic N) is 5.